The summed E-state index contributed by atoms with van der Waals surface area (Å²) in [5, 5.41) is 8.87. The molecule has 11 heavy (non-hydrogen) atoms. The zero-order valence-electron chi connectivity index (χ0n) is 6.15. The number of carbonyl (C=O) groups is 2. The largest absolute Gasteiger partial charge is 0.542 e. The summed E-state index contributed by atoms with van der Waals surface area (Å²) in [6.45, 7) is 0.254. The first-order valence-corrected chi connectivity index (χ1v) is 3.03. The van der Waals surface area contributed by atoms with Crippen LogP contribution in [0.1, 0.15) is 0 Å². The van der Waals surface area contributed by atoms with Gasteiger partial charge in [-0.1, -0.05) is 0 Å². The topological polar surface area (TPSA) is 72.8 Å². The highest BCUT2D eigenvalue weighted by molar-refractivity contribution is 6.30. The molecule has 0 saturated carbocycles. The molecule has 0 amide bonds. The molecule has 0 heterocycles. The maximum Gasteiger partial charge on any atom is 0.346 e. The molecule has 0 aliphatic rings. The van der Waals surface area contributed by atoms with E-state index in [-0.39, 0.29) is 20.3 Å². The molecular formula is C4H8B2O5. The monoisotopic (exact) mass is 158 g/mol. The highest BCUT2D eigenvalue weighted by Crippen LogP contribution is 1.93. The Hall–Kier alpha value is -0.970. The van der Waals surface area contributed by atoms with Gasteiger partial charge >= 0.3 is 21.5 Å². The van der Waals surface area contributed by atoms with Gasteiger partial charge in [-0.05, 0) is 6.32 Å². The second-order valence-electron chi connectivity index (χ2n) is 1.79. The van der Waals surface area contributed by atoms with Crippen LogP contribution in [0.25, 0.3) is 0 Å². The third kappa shape index (κ3) is 4.44. The molecule has 0 aromatic carbocycles. The van der Waals surface area contributed by atoms with E-state index >= 15 is 0 Å². The summed E-state index contributed by atoms with van der Waals surface area (Å²) in [4.78, 5) is 20.1. The summed E-state index contributed by atoms with van der Waals surface area (Å²) < 4.78 is 8.46. The Bertz CT molecular complexity index is 138. The van der Waals surface area contributed by atoms with Gasteiger partial charge in [0, 0.05) is 0 Å². The fourth-order valence-corrected chi connectivity index (χ4v) is 0.482. The van der Waals surface area contributed by atoms with Crippen molar-refractivity contribution in [3.8, 4) is 0 Å². The van der Waals surface area contributed by atoms with E-state index in [0.717, 1.165) is 0 Å². The lowest BCUT2D eigenvalue weighted by molar-refractivity contribution is -0.142. The van der Waals surface area contributed by atoms with Gasteiger partial charge < -0.3 is 14.4 Å². The Morgan fingerprint density at radius 2 is 2.45 bits per heavy atom. The van der Waals surface area contributed by atoms with Crippen molar-refractivity contribution in [1.29, 1.82) is 0 Å². The standard InChI is InChI=1S/C4H8B2O5/c5-11-4(9)3(8)1-6-10-2-7/h2-3,6,8H,1,5H2/t3-/m0/s1. The molecule has 0 aromatic rings. The molecule has 60 valence electrons. The van der Waals surface area contributed by atoms with E-state index in [1.807, 2.05) is 0 Å². The number of carbonyl (C=O) groups excluding carboxylic acids is 2. The van der Waals surface area contributed by atoms with E-state index in [1.165, 1.54) is 8.05 Å². The Balaban J connectivity index is 3.43. The molecule has 5 nitrogen and oxygen atoms in total. The summed E-state index contributed by atoms with van der Waals surface area (Å²) in [5.74, 6) is -0.723. The van der Waals surface area contributed by atoms with E-state index < -0.39 is 12.1 Å². The fourth-order valence-electron chi connectivity index (χ4n) is 0.482. The molecule has 0 saturated heterocycles. The number of aliphatic hydroxyl groups excluding tert-OH is 1. The van der Waals surface area contributed by atoms with Gasteiger partial charge in [-0.25, -0.2) is 0 Å². The third-order valence-electron chi connectivity index (χ3n) is 1.05. The van der Waals surface area contributed by atoms with Crippen molar-refractivity contribution in [1.82, 2.24) is 0 Å². The summed E-state index contributed by atoms with van der Waals surface area (Å²) in [7, 11) is 1.19. The minimum Gasteiger partial charge on any atom is -0.542 e. The van der Waals surface area contributed by atoms with Crippen molar-refractivity contribution in [3.05, 3.63) is 0 Å². The first-order valence-electron chi connectivity index (χ1n) is 3.03. The van der Waals surface area contributed by atoms with Crippen LogP contribution in [0.2, 0.25) is 6.32 Å². The lowest BCUT2D eigenvalue weighted by atomic mass is 9.91. The van der Waals surface area contributed by atoms with Crippen LogP contribution in [0.4, 0.5) is 0 Å². The van der Waals surface area contributed by atoms with Gasteiger partial charge in [-0.2, -0.15) is 0 Å². The van der Waals surface area contributed by atoms with E-state index in [2.05, 4.69) is 9.31 Å². The molecule has 1 atom stereocenters. The molecule has 0 bridgehead atoms. The molecule has 0 unspecified atom stereocenters. The Labute approximate surface area is 65.4 Å². The van der Waals surface area contributed by atoms with Crippen molar-refractivity contribution in [2.75, 3.05) is 0 Å². The predicted molar refractivity (Wildman–Crippen MR) is 39.7 cm³/mol. The summed E-state index contributed by atoms with van der Waals surface area (Å²) in [5.41, 5.74) is 0. The van der Waals surface area contributed by atoms with Crippen molar-refractivity contribution < 1.29 is 24.0 Å². The zero-order chi connectivity index (χ0) is 8.69. The molecule has 0 aromatic heterocycles. The van der Waals surface area contributed by atoms with Crippen LogP contribution in [-0.4, -0.2) is 39.2 Å². The van der Waals surface area contributed by atoms with E-state index in [4.69, 9.17) is 5.11 Å². The van der Waals surface area contributed by atoms with Gasteiger partial charge in [0.1, 0.15) is 6.10 Å². The molecule has 0 aliphatic carbocycles. The molecule has 0 fully saturated rings. The van der Waals surface area contributed by atoms with Crippen LogP contribution in [0.15, 0.2) is 0 Å². The van der Waals surface area contributed by atoms with Gasteiger partial charge in [0.2, 0.25) is 0 Å². The Morgan fingerprint density at radius 1 is 1.82 bits per heavy atom. The van der Waals surface area contributed by atoms with E-state index in [9.17, 15) is 9.59 Å². The molecule has 0 rings (SSSR count). The number of aliphatic hydroxyl groups is 1. The molecule has 0 aliphatic heterocycles. The maximum atomic E-state index is 10.5. The average Bonchev–Trinajstić information content (AvgIpc) is 2.03. The molecule has 0 spiro atoms. The smallest absolute Gasteiger partial charge is 0.346 e. The SMILES string of the molecule is BOC(=O)[C@@H](O)CBOC=O. The van der Waals surface area contributed by atoms with Crippen molar-refractivity contribution in [2.24, 2.45) is 0 Å². The first kappa shape index (κ1) is 10.0. The molecular weight excluding hydrogens is 150 g/mol. The third-order valence-corrected chi connectivity index (χ3v) is 1.05. The van der Waals surface area contributed by atoms with E-state index in [1.54, 1.807) is 0 Å². The number of hydrogen-bond donors (Lipinski definition) is 1. The lowest BCUT2D eigenvalue weighted by Crippen LogP contribution is -2.24. The van der Waals surface area contributed by atoms with Crippen LogP contribution in [0, 0.1) is 0 Å². The predicted octanol–water partition coefficient (Wildman–Crippen LogP) is -2.62. The zero-order valence-corrected chi connectivity index (χ0v) is 6.15. The van der Waals surface area contributed by atoms with Crippen molar-refractivity contribution in [2.45, 2.75) is 12.4 Å². The number of hydrogen-bond acceptors (Lipinski definition) is 5. The molecule has 1 N–H and O–H groups in total. The van der Waals surface area contributed by atoms with Crippen LogP contribution < -0.4 is 0 Å². The normalized spacial score (nSPS) is 11.4. The second-order valence-corrected chi connectivity index (χ2v) is 1.79. The van der Waals surface area contributed by atoms with Crippen molar-refractivity contribution >= 4 is 28.0 Å². The minimum absolute atomic E-state index is 0.0137. The number of rotatable bonds is 5. The average molecular weight is 158 g/mol. The van der Waals surface area contributed by atoms with Crippen LogP contribution in [0.5, 0.6) is 0 Å². The van der Waals surface area contributed by atoms with Crippen LogP contribution >= 0.6 is 0 Å². The molecule has 7 heteroatoms. The maximum absolute atomic E-state index is 10.5. The summed E-state index contributed by atoms with van der Waals surface area (Å²) in [6.07, 6.45) is -1.15. The Kier molecular flexibility index (Phi) is 5.28. The highest BCUT2D eigenvalue weighted by Gasteiger charge is 2.14. The van der Waals surface area contributed by atoms with Gasteiger partial charge in [0.05, 0.1) is 0 Å². The second kappa shape index (κ2) is 5.79. The van der Waals surface area contributed by atoms with Crippen LogP contribution in [0.3, 0.4) is 0 Å². The quantitative estimate of drug-likeness (QED) is 0.269. The van der Waals surface area contributed by atoms with Crippen LogP contribution in [-0.2, 0) is 18.9 Å². The molecule has 0 radical (unpaired) electrons. The summed E-state index contributed by atoms with van der Waals surface area (Å²) >= 11 is 0. The van der Waals surface area contributed by atoms with E-state index in [0.29, 0.717) is 0 Å². The summed E-state index contributed by atoms with van der Waals surface area (Å²) in [6, 6.07) is 0. The van der Waals surface area contributed by atoms with Crippen molar-refractivity contribution in [3.63, 3.8) is 0 Å². The highest BCUT2D eigenvalue weighted by atomic mass is 16.5. The fraction of sp³-hybridized carbons (Fsp3) is 0.500. The van der Waals surface area contributed by atoms with Gasteiger partial charge in [-0.15, -0.1) is 0 Å². The first-order chi connectivity index (χ1) is 5.22. The minimum atomic E-state index is -1.21. The Morgan fingerprint density at radius 3 is 2.91 bits per heavy atom. The van der Waals surface area contributed by atoms with Gasteiger partial charge in [0.25, 0.3) is 6.47 Å². The van der Waals surface area contributed by atoms with Gasteiger partial charge in [0.15, 0.2) is 0 Å². The lowest BCUT2D eigenvalue weighted by Gasteiger charge is -2.05. The van der Waals surface area contributed by atoms with Gasteiger partial charge in [-0.3, -0.25) is 9.59 Å².